The Balaban J connectivity index is 0.000000167. The Morgan fingerprint density at radius 1 is 0.375 bits per heavy atom. The molecule has 12 nitrogen and oxygen atoms in total. The van der Waals surface area contributed by atoms with Crippen molar-refractivity contribution in [3.63, 3.8) is 0 Å². The van der Waals surface area contributed by atoms with Gasteiger partial charge in [-0.25, -0.2) is 16.8 Å². The van der Waals surface area contributed by atoms with Gasteiger partial charge in [-0.1, -0.05) is 191 Å². The highest BCUT2D eigenvalue weighted by atomic mass is 32.2. The molecule has 11 aromatic rings. The van der Waals surface area contributed by atoms with E-state index in [1.807, 2.05) is 78.9 Å². The predicted octanol–water partition coefficient (Wildman–Crippen LogP) is 17.4. The first-order valence-corrected chi connectivity index (χ1v) is 36.6. The molecule has 0 fully saturated rings. The Bertz CT molecular complexity index is 4040. The van der Waals surface area contributed by atoms with Gasteiger partial charge in [-0.15, -0.1) is 0 Å². The number of benzene rings is 11. The molecule has 2 amide bonds. The molecule has 16 heteroatoms. The zero-order valence-corrected chi connectivity index (χ0v) is 57.5. The summed E-state index contributed by atoms with van der Waals surface area (Å²) < 4.78 is 77.7. The Hall–Kier alpha value is -9.52. The average molecular weight is 1360 g/mol. The van der Waals surface area contributed by atoms with E-state index in [1.54, 1.807) is 7.05 Å². The third-order valence-corrected chi connectivity index (χ3v) is 21.7. The molecule has 0 saturated carbocycles. The first-order valence-electron chi connectivity index (χ1n) is 31.4. The average Bonchev–Trinajstić information content (AvgIpc) is 0.865. The highest BCUT2D eigenvalue weighted by molar-refractivity contribution is 7.97. The van der Waals surface area contributed by atoms with Crippen molar-refractivity contribution < 1.29 is 45.0 Å². The quantitative estimate of drug-likeness (QED) is 0.0469. The predicted molar refractivity (Wildman–Crippen MR) is 384 cm³/mol. The zero-order chi connectivity index (χ0) is 68.3. The lowest BCUT2D eigenvalue weighted by Gasteiger charge is -2.24. The van der Waals surface area contributed by atoms with Crippen LogP contribution in [0.15, 0.2) is 349 Å². The van der Waals surface area contributed by atoms with Crippen LogP contribution in [0.3, 0.4) is 0 Å². The number of nitrogens with zero attached hydrogens (tertiary/aromatic N) is 2. The molecule has 492 valence electrons. The van der Waals surface area contributed by atoms with E-state index >= 15 is 0 Å². The summed E-state index contributed by atoms with van der Waals surface area (Å²) in [5, 5.41) is 0. The maximum Gasteiger partial charge on any atom is 0.265 e. The lowest BCUT2D eigenvalue weighted by Crippen LogP contribution is -2.34. The Labute approximate surface area is 572 Å². The second kappa shape index (κ2) is 36.4. The van der Waals surface area contributed by atoms with Gasteiger partial charge in [0.25, 0.3) is 11.8 Å². The van der Waals surface area contributed by atoms with Gasteiger partial charge in [-0.2, -0.15) is 0 Å². The normalized spacial score (nSPS) is 11.6. The van der Waals surface area contributed by atoms with Gasteiger partial charge in [0.15, 0.2) is 42.6 Å². The minimum Gasteiger partial charge on any atom is -0.744 e. The maximum absolute atomic E-state index is 13.0. The molecular weight excluding hydrogens is 1280 g/mol. The van der Waals surface area contributed by atoms with Crippen molar-refractivity contribution in [1.82, 2.24) is 0 Å². The summed E-state index contributed by atoms with van der Waals surface area (Å²) >= 11 is 0. The Morgan fingerprint density at radius 2 is 0.646 bits per heavy atom. The van der Waals surface area contributed by atoms with Crippen LogP contribution >= 0.6 is 0 Å². The SMILES string of the molecule is CCC(C)c1ccc(OCC(=O)N(C)c2ccc(S(=O)(=O)[O-])cc2)cc1.CCC(C)c1ccc(OCC(=O)N(Cc2ccccc2)c2ccc(S(=O)(=O)[O-])cc2)cc1.c1ccc([S+](c2ccccc2)c2ccccc2)cc1.c1ccc([S+](c2ccccc2)c2ccccc2)cc1. The van der Waals surface area contributed by atoms with Gasteiger partial charge in [-0.05, 0) is 187 Å². The molecule has 11 aromatic carbocycles. The molecule has 2 atom stereocenters. The number of rotatable bonds is 22. The molecule has 11 rings (SSSR count). The topological polar surface area (TPSA) is 173 Å². The molecule has 96 heavy (non-hydrogen) atoms. The standard InChI is InChI=1S/C25H27NO5S.C19H23NO5S.2C18H15S/c1-3-19(2)21-9-13-23(14-10-21)31-18-25(27)26(17-20-7-5-4-6-8-20)22-11-15-24(16-12-22)32(28,29)30;1-4-14(2)15-5-9-17(10-6-15)25-13-19(21)20(3)16-7-11-18(12-8-16)26(22,23)24;2*1-4-10-16(11-5-1)19(17-12-6-2-7-13-17)18-14-8-3-9-15-18/h4-16,19H,3,17-18H2,1-2H3,(H,28,29,30);5-12,14H,4,13H2,1-3H3,(H,22,23,24);2*1-15H/q;;2*+1/p-2. The summed E-state index contributed by atoms with van der Waals surface area (Å²) in [5.41, 5.74) is 4.28. The Morgan fingerprint density at radius 3 is 0.927 bits per heavy atom. The lowest BCUT2D eigenvalue weighted by atomic mass is 9.99. The summed E-state index contributed by atoms with van der Waals surface area (Å²) in [6.45, 7) is 8.51. The first kappa shape index (κ1) is 72.3. The highest BCUT2D eigenvalue weighted by Gasteiger charge is 2.29. The number of amides is 2. The summed E-state index contributed by atoms with van der Waals surface area (Å²) in [6.07, 6.45) is 2.09. The van der Waals surface area contributed by atoms with Crippen LogP contribution in [0.2, 0.25) is 0 Å². The van der Waals surface area contributed by atoms with Gasteiger partial charge >= 0.3 is 0 Å². The van der Waals surface area contributed by atoms with Crippen LogP contribution in [-0.2, 0) is 58.2 Å². The Kier molecular flexibility index (Phi) is 27.4. The zero-order valence-electron chi connectivity index (χ0n) is 54.2. The molecule has 2 unspecified atom stereocenters. The minimum absolute atomic E-state index is 0.0146. The molecule has 0 N–H and O–H groups in total. The summed E-state index contributed by atoms with van der Waals surface area (Å²) in [7, 11) is -7.54. The molecular formula is C80H78N2O10S4. The van der Waals surface area contributed by atoms with Crippen molar-refractivity contribution in [3.05, 3.63) is 326 Å². The van der Waals surface area contributed by atoms with Crippen LogP contribution in [0.1, 0.15) is 69.1 Å². The number of likely N-dealkylation sites (N-methyl/N-ethyl adjacent to an activating group) is 1. The molecule has 0 bridgehead atoms. The summed E-state index contributed by atoms with van der Waals surface area (Å²) in [5.74, 6) is 1.53. The molecule has 0 aromatic heterocycles. The number of ether oxygens (including phenoxy) is 2. The van der Waals surface area contributed by atoms with E-state index in [2.05, 4.69) is 210 Å². The summed E-state index contributed by atoms with van der Waals surface area (Å²) in [6, 6.07) is 99.6. The van der Waals surface area contributed by atoms with Crippen molar-refractivity contribution in [2.24, 2.45) is 0 Å². The van der Waals surface area contributed by atoms with Crippen molar-refractivity contribution >= 4 is 65.2 Å². The van der Waals surface area contributed by atoms with E-state index in [0.717, 1.165) is 18.4 Å². The smallest absolute Gasteiger partial charge is 0.265 e. The number of carbonyl (C=O) groups excluding carboxylic acids is 2. The maximum atomic E-state index is 13.0. The fourth-order valence-electron chi connectivity index (χ4n) is 9.74. The highest BCUT2D eigenvalue weighted by Crippen LogP contribution is 2.33. The van der Waals surface area contributed by atoms with Crippen molar-refractivity contribution in [3.8, 4) is 11.5 Å². The van der Waals surface area contributed by atoms with Crippen LogP contribution in [0.25, 0.3) is 0 Å². The van der Waals surface area contributed by atoms with Crippen molar-refractivity contribution in [2.75, 3.05) is 30.1 Å². The monoisotopic (exact) mass is 1350 g/mol. The van der Waals surface area contributed by atoms with Crippen molar-refractivity contribution in [1.29, 1.82) is 0 Å². The number of hydrogen-bond donors (Lipinski definition) is 0. The van der Waals surface area contributed by atoms with E-state index in [4.69, 9.17) is 9.47 Å². The van der Waals surface area contributed by atoms with Crippen LogP contribution in [0.4, 0.5) is 11.4 Å². The van der Waals surface area contributed by atoms with Gasteiger partial charge in [0, 0.05) is 18.4 Å². The van der Waals surface area contributed by atoms with Crippen LogP contribution < -0.4 is 19.3 Å². The van der Waals surface area contributed by atoms with Crippen LogP contribution in [0.5, 0.6) is 11.5 Å². The van der Waals surface area contributed by atoms with Gasteiger partial charge < -0.3 is 28.4 Å². The number of anilines is 2. The third kappa shape index (κ3) is 21.8. The largest absolute Gasteiger partial charge is 0.744 e. The molecule has 0 heterocycles. The number of hydrogen-bond acceptors (Lipinski definition) is 10. The number of carbonyl (C=O) groups is 2. The summed E-state index contributed by atoms with van der Waals surface area (Å²) in [4.78, 5) is 35.6. The molecule has 0 aliphatic heterocycles. The molecule has 0 aliphatic carbocycles. The molecule has 0 aliphatic rings. The van der Waals surface area contributed by atoms with Gasteiger partial charge in [-0.3, -0.25) is 9.59 Å². The van der Waals surface area contributed by atoms with E-state index in [-0.39, 0.29) is 63.2 Å². The second-order valence-electron chi connectivity index (χ2n) is 22.1. The third-order valence-electron chi connectivity index (χ3n) is 15.5. The van der Waals surface area contributed by atoms with Gasteiger partial charge in [0.2, 0.25) is 0 Å². The second-order valence-corrected chi connectivity index (χ2v) is 29.0. The van der Waals surface area contributed by atoms with E-state index < -0.39 is 20.2 Å². The lowest BCUT2D eigenvalue weighted by molar-refractivity contribution is -0.121. The van der Waals surface area contributed by atoms with Crippen molar-refractivity contribution in [2.45, 2.75) is 98.1 Å². The van der Waals surface area contributed by atoms with Gasteiger partial charge in [0.1, 0.15) is 31.7 Å². The molecule has 0 saturated heterocycles. The fraction of sp³-hybridized carbons (Fsp3) is 0.150. The van der Waals surface area contributed by atoms with E-state index in [9.17, 15) is 35.5 Å². The van der Waals surface area contributed by atoms with E-state index in [1.165, 1.54) is 98.8 Å². The minimum atomic E-state index is -4.56. The first-order chi connectivity index (χ1) is 46.4. The van der Waals surface area contributed by atoms with Crippen LogP contribution in [0, 0.1) is 0 Å². The molecule has 0 spiro atoms. The van der Waals surface area contributed by atoms with E-state index in [0.29, 0.717) is 34.7 Å². The fourth-order valence-corrected chi connectivity index (χ4v) is 14.9. The molecule has 0 radical (unpaired) electrons. The van der Waals surface area contributed by atoms with Crippen LogP contribution in [-0.4, -0.2) is 58.0 Å². The van der Waals surface area contributed by atoms with Gasteiger partial charge in [0.05, 0.1) is 38.1 Å².